The fourth-order valence-electron chi connectivity index (χ4n) is 3.93. The van der Waals surface area contributed by atoms with Crippen molar-refractivity contribution in [1.29, 1.82) is 0 Å². The van der Waals surface area contributed by atoms with Gasteiger partial charge in [-0.05, 0) is 55.9 Å². The molecular weight excluding hydrogens is 300 g/mol. The predicted octanol–water partition coefficient (Wildman–Crippen LogP) is 5.02. The quantitative estimate of drug-likeness (QED) is 0.436. The molecule has 0 amide bonds. The van der Waals surface area contributed by atoms with Crippen molar-refractivity contribution in [3.63, 3.8) is 0 Å². The molecule has 1 saturated carbocycles. The SMILES string of the molecule is CCCCC[C@@H](O)/C=C/C1=CC[C@@H]2C/C(=C/CCCC(=O)O)C[C@H]12. The van der Waals surface area contributed by atoms with Crippen molar-refractivity contribution in [2.75, 3.05) is 0 Å². The molecule has 2 N–H and O–H groups in total. The van der Waals surface area contributed by atoms with E-state index in [1.54, 1.807) is 0 Å². The van der Waals surface area contributed by atoms with Crippen molar-refractivity contribution in [3.05, 3.63) is 35.5 Å². The van der Waals surface area contributed by atoms with Crippen molar-refractivity contribution >= 4 is 5.97 Å². The maximum absolute atomic E-state index is 10.6. The van der Waals surface area contributed by atoms with Gasteiger partial charge in [0.1, 0.15) is 0 Å². The number of aliphatic carboxylic acids is 1. The number of fused-ring (bicyclic) bond motifs is 1. The Labute approximate surface area is 146 Å². The number of unbranched alkanes of at least 4 members (excludes halogenated alkanes) is 3. The number of aliphatic hydroxyl groups excluding tert-OH is 1. The van der Waals surface area contributed by atoms with E-state index in [4.69, 9.17) is 5.11 Å². The molecule has 0 bridgehead atoms. The van der Waals surface area contributed by atoms with Gasteiger partial charge in [0, 0.05) is 6.42 Å². The molecule has 24 heavy (non-hydrogen) atoms. The molecule has 134 valence electrons. The highest BCUT2D eigenvalue weighted by Gasteiger charge is 2.34. The lowest BCUT2D eigenvalue weighted by molar-refractivity contribution is -0.137. The second kappa shape index (κ2) is 9.83. The van der Waals surface area contributed by atoms with Gasteiger partial charge in [-0.15, -0.1) is 0 Å². The summed E-state index contributed by atoms with van der Waals surface area (Å²) in [5.74, 6) is 0.618. The molecule has 0 aromatic carbocycles. The van der Waals surface area contributed by atoms with Gasteiger partial charge in [0.05, 0.1) is 6.10 Å². The van der Waals surface area contributed by atoms with E-state index in [1.807, 2.05) is 6.08 Å². The minimum atomic E-state index is -0.704. The standard InChI is InChI=1S/C21H32O3/c1-2-3-4-8-19(22)13-12-17-10-11-18-14-16(15-20(17)18)7-5-6-9-21(23)24/h7,10,12-13,18-20,22H,2-6,8-9,11,14-15H2,1H3,(H,23,24)/b13-12+,16-7-/t18-,19-,20-/m1/s1. The van der Waals surface area contributed by atoms with E-state index in [0.717, 1.165) is 44.9 Å². The monoisotopic (exact) mass is 332 g/mol. The summed E-state index contributed by atoms with van der Waals surface area (Å²) in [6.45, 7) is 2.18. The lowest BCUT2D eigenvalue weighted by Gasteiger charge is -2.11. The Hall–Kier alpha value is -1.35. The van der Waals surface area contributed by atoms with Crippen LogP contribution < -0.4 is 0 Å². The molecular formula is C21H32O3. The number of hydrogen-bond acceptors (Lipinski definition) is 2. The van der Waals surface area contributed by atoms with Gasteiger partial charge in [0.15, 0.2) is 0 Å². The van der Waals surface area contributed by atoms with Gasteiger partial charge in [-0.2, -0.15) is 0 Å². The highest BCUT2D eigenvalue weighted by Crippen LogP contribution is 2.47. The van der Waals surface area contributed by atoms with Gasteiger partial charge in [-0.1, -0.05) is 56.1 Å². The Bertz CT molecular complexity index is 501. The number of carbonyl (C=O) groups is 1. The summed E-state index contributed by atoms with van der Waals surface area (Å²) >= 11 is 0. The summed E-state index contributed by atoms with van der Waals surface area (Å²) in [7, 11) is 0. The molecule has 0 saturated heterocycles. The van der Waals surface area contributed by atoms with Crippen molar-refractivity contribution in [2.24, 2.45) is 11.8 Å². The average molecular weight is 332 g/mol. The van der Waals surface area contributed by atoms with Crippen LogP contribution in [-0.2, 0) is 4.79 Å². The summed E-state index contributed by atoms with van der Waals surface area (Å²) in [5.41, 5.74) is 2.89. The molecule has 3 atom stereocenters. The van der Waals surface area contributed by atoms with Gasteiger partial charge in [0.25, 0.3) is 0 Å². The van der Waals surface area contributed by atoms with E-state index < -0.39 is 5.97 Å². The molecule has 0 aliphatic heterocycles. The lowest BCUT2D eigenvalue weighted by Crippen LogP contribution is -2.04. The Kier molecular flexibility index (Phi) is 7.77. The zero-order valence-electron chi connectivity index (χ0n) is 14.9. The smallest absolute Gasteiger partial charge is 0.303 e. The van der Waals surface area contributed by atoms with E-state index in [0.29, 0.717) is 11.8 Å². The molecule has 0 heterocycles. The third-order valence-corrected chi connectivity index (χ3v) is 5.30. The van der Waals surface area contributed by atoms with E-state index in [9.17, 15) is 9.90 Å². The topological polar surface area (TPSA) is 57.5 Å². The van der Waals surface area contributed by atoms with Crippen LogP contribution in [0.2, 0.25) is 0 Å². The molecule has 0 aromatic rings. The number of aliphatic hydroxyl groups is 1. The van der Waals surface area contributed by atoms with E-state index in [2.05, 4.69) is 25.2 Å². The number of rotatable bonds is 10. The summed E-state index contributed by atoms with van der Waals surface area (Å²) in [4.78, 5) is 10.6. The van der Waals surface area contributed by atoms with Crippen LogP contribution >= 0.6 is 0 Å². The summed E-state index contributed by atoms with van der Waals surface area (Å²) in [6, 6.07) is 0. The number of carboxylic acid groups (broad SMARTS) is 1. The Balaban J connectivity index is 1.77. The average Bonchev–Trinajstić information content (AvgIpc) is 3.10. The summed E-state index contributed by atoms with van der Waals surface area (Å²) in [6.07, 6.45) is 18.0. The van der Waals surface area contributed by atoms with Crippen molar-refractivity contribution in [2.45, 2.75) is 77.2 Å². The van der Waals surface area contributed by atoms with Crippen LogP contribution in [-0.4, -0.2) is 22.3 Å². The predicted molar refractivity (Wildman–Crippen MR) is 97.8 cm³/mol. The Morgan fingerprint density at radius 1 is 1.33 bits per heavy atom. The molecule has 2 aliphatic carbocycles. The molecule has 1 fully saturated rings. The van der Waals surface area contributed by atoms with Gasteiger partial charge in [-0.3, -0.25) is 4.79 Å². The van der Waals surface area contributed by atoms with Crippen LogP contribution in [0.25, 0.3) is 0 Å². The molecule has 3 heteroatoms. The third-order valence-electron chi connectivity index (χ3n) is 5.30. The molecule has 0 radical (unpaired) electrons. The van der Waals surface area contributed by atoms with Crippen LogP contribution in [0.15, 0.2) is 35.5 Å². The first-order valence-electron chi connectivity index (χ1n) is 9.56. The van der Waals surface area contributed by atoms with E-state index in [-0.39, 0.29) is 12.5 Å². The van der Waals surface area contributed by atoms with Crippen molar-refractivity contribution in [1.82, 2.24) is 0 Å². The second-order valence-electron chi connectivity index (χ2n) is 7.29. The highest BCUT2D eigenvalue weighted by molar-refractivity contribution is 5.66. The largest absolute Gasteiger partial charge is 0.481 e. The maximum atomic E-state index is 10.6. The third kappa shape index (κ3) is 5.94. The fraction of sp³-hybridized carbons (Fsp3) is 0.667. The molecule has 2 rings (SSSR count). The second-order valence-corrected chi connectivity index (χ2v) is 7.29. The van der Waals surface area contributed by atoms with Crippen LogP contribution in [0.4, 0.5) is 0 Å². The molecule has 0 unspecified atom stereocenters. The van der Waals surface area contributed by atoms with Crippen molar-refractivity contribution in [3.8, 4) is 0 Å². The Morgan fingerprint density at radius 3 is 2.92 bits per heavy atom. The summed E-state index contributed by atoms with van der Waals surface area (Å²) in [5, 5.41) is 18.7. The number of hydrogen-bond donors (Lipinski definition) is 2. The first-order chi connectivity index (χ1) is 11.6. The fourth-order valence-corrected chi connectivity index (χ4v) is 3.93. The zero-order chi connectivity index (χ0) is 17.4. The molecule has 0 spiro atoms. The zero-order valence-corrected chi connectivity index (χ0v) is 14.9. The van der Waals surface area contributed by atoms with Crippen LogP contribution in [0.3, 0.4) is 0 Å². The van der Waals surface area contributed by atoms with Gasteiger partial charge in [0.2, 0.25) is 0 Å². The van der Waals surface area contributed by atoms with Gasteiger partial charge >= 0.3 is 5.97 Å². The lowest BCUT2D eigenvalue weighted by atomic mass is 9.94. The van der Waals surface area contributed by atoms with Crippen LogP contribution in [0, 0.1) is 11.8 Å². The van der Waals surface area contributed by atoms with Gasteiger partial charge in [-0.25, -0.2) is 0 Å². The van der Waals surface area contributed by atoms with E-state index in [1.165, 1.54) is 24.0 Å². The van der Waals surface area contributed by atoms with Crippen LogP contribution in [0.5, 0.6) is 0 Å². The highest BCUT2D eigenvalue weighted by atomic mass is 16.4. The molecule has 3 nitrogen and oxygen atoms in total. The minimum Gasteiger partial charge on any atom is -0.481 e. The molecule has 2 aliphatic rings. The minimum absolute atomic E-state index is 0.264. The number of allylic oxidation sites excluding steroid dienone is 5. The first-order valence-corrected chi connectivity index (χ1v) is 9.56. The Morgan fingerprint density at radius 2 is 2.17 bits per heavy atom. The first kappa shape index (κ1) is 19.0. The summed E-state index contributed by atoms with van der Waals surface area (Å²) < 4.78 is 0. The molecule has 0 aromatic heterocycles. The van der Waals surface area contributed by atoms with Gasteiger partial charge < -0.3 is 10.2 Å². The maximum Gasteiger partial charge on any atom is 0.303 e. The normalized spacial score (nSPS) is 26.1. The van der Waals surface area contributed by atoms with Crippen LogP contribution in [0.1, 0.15) is 71.1 Å². The van der Waals surface area contributed by atoms with E-state index >= 15 is 0 Å². The van der Waals surface area contributed by atoms with Crippen molar-refractivity contribution < 1.29 is 15.0 Å². The number of carboxylic acids is 1.